The maximum Gasteiger partial charge on any atom is 0.0991 e. The van der Waals surface area contributed by atoms with Crippen LogP contribution in [0, 0.1) is 11.3 Å². The summed E-state index contributed by atoms with van der Waals surface area (Å²) in [7, 11) is 0. The second-order valence-electron chi connectivity index (χ2n) is 5.69. The van der Waals surface area contributed by atoms with Crippen LogP contribution in [0.5, 0.6) is 0 Å². The van der Waals surface area contributed by atoms with Crippen molar-refractivity contribution in [1.82, 2.24) is 5.32 Å². The van der Waals surface area contributed by atoms with Gasteiger partial charge in [-0.3, -0.25) is 0 Å². The van der Waals surface area contributed by atoms with Crippen molar-refractivity contribution in [3.8, 4) is 6.07 Å². The van der Waals surface area contributed by atoms with Gasteiger partial charge >= 0.3 is 0 Å². The van der Waals surface area contributed by atoms with Crippen molar-refractivity contribution in [2.75, 3.05) is 0 Å². The molecule has 2 rings (SSSR count). The van der Waals surface area contributed by atoms with E-state index < -0.39 is 6.10 Å². The van der Waals surface area contributed by atoms with Gasteiger partial charge in [0, 0.05) is 12.1 Å². The van der Waals surface area contributed by atoms with Crippen LogP contribution in [0.15, 0.2) is 54.6 Å². The predicted molar refractivity (Wildman–Crippen MR) is 88.2 cm³/mol. The molecule has 0 amide bonds. The van der Waals surface area contributed by atoms with Crippen LogP contribution in [-0.2, 0) is 0 Å². The van der Waals surface area contributed by atoms with E-state index in [4.69, 9.17) is 5.26 Å². The molecule has 0 aliphatic carbocycles. The SMILES string of the molecule is CC(CC(O)c1ccccc1)NC(C)c1ccc(C#N)cc1. The molecule has 0 radical (unpaired) electrons. The van der Waals surface area contributed by atoms with Gasteiger partial charge in [-0.1, -0.05) is 42.5 Å². The molecule has 0 bridgehead atoms. The molecule has 0 aliphatic heterocycles. The van der Waals surface area contributed by atoms with Crippen LogP contribution in [-0.4, -0.2) is 11.1 Å². The minimum atomic E-state index is -0.461. The Labute approximate surface area is 132 Å². The van der Waals surface area contributed by atoms with E-state index >= 15 is 0 Å². The summed E-state index contributed by atoms with van der Waals surface area (Å²) in [5.41, 5.74) is 2.76. The summed E-state index contributed by atoms with van der Waals surface area (Å²) in [4.78, 5) is 0. The molecule has 3 nitrogen and oxygen atoms in total. The molecule has 22 heavy (non-hydrogen) atoms. The van der Waals surface area contributed by atoms with Gasteiger partial charge in [-0.15, -0.1) is 0 Å². The van der Waals surface area contributed by atoms with Gasteiger partial charge in [0.2, 0.25) is 0 Å². The summed E-state index contributed by atoms with van der Waals surface area (Å²) in [5, 5.41) is 22.6. The van der Waals surface area contributed by atoms with Crippen LogP contribution < -0.4 is 5.32 Å². The molecule has 3 heteroatoms. The van der Waals surface area contributed by atoms with E-state index in [1.165, 1.54) is 0 Å². The Bertz CT molecular complexity index is 616. The van der Waals surface area contributed by atoms with Gasteiger partial charge in [0.1, 0.15) is 0 Å². The molecule has 2 aromatic carbocycles. The third-order valence-electron chi connectivity index (χ3n) is 3.84. The van der Waals surface area contributed by atoms with E-state index in [9.17, 15) is 5.11 Å². The van der Waals surface area contributed by atoms with Crippen molar-refractivity contribution in [2.24, 2.45) is 0 Å². The minimum absolute atomic E-state index is 0.172. The summed E-state index contributed by atoms with van der Waals surface area (Å²) in [6.07, 6.45) is 0.196. The van der Waals surface area contributed by atoms with Gasteiger partial charge in [0.05, 0.1) is 17.7 Å². The number of hydrogen-bond donors (Lipinski definition) is 2. The standard InChI is InChI=1S/C19H22N2O/c1-14(12-19(22)18-6-4-3-5-7-18)21-15(2)17-10-8-16(13-20)9-11-17/h3-11,14-15,19,21-22H,12H2,1-2H3. The zero-order chi connectivity index (χ0) is 15.9. The van der Waals surface area contributed by atoms with Crippen molar-refractivity contribution in [1.29, 1.82) is 5.26 Å². The fourth-order valence-electron chi connectivity index (χ4n) is 2.58. The smallest absolute Gasteiger partial charge is 0.0991 e. The van der Waals surface area contributed by atoms with Crippen LogP contribution in [0.3, 0.4) is 0 Å². The number of aliphatic hydroxyl groups excluding tert-OH is 1. The summed E-state index contributed by atoms with van der Waals surface area (Å²) in [5.74, 6) is 0. The third-order valence-corrected chi connectivity index (χ3v) is 3.84. The number of benzene rings is 2. The number of rotatable bonds is 6. The molecule has 0 saturated carbocycles. The first kappa shape index (κ1) is 16.2. The number of nitriles is 1. The number of nitrogens with zero attached hydrogens (tertiary/aromatic N) is 1. The lowest BCUT2D eigenvalue weighted by atomic mass is 10.0. The molecule has 3 unspecified atom stereocenters. The molecule has 2 aromatic rings. The van der Waals surface area contributed by atoms with E-state index in [1.54, 1.807) is 0 Å². The van der Waals surface area contributed by atoms with Crippen molar-refractivity contribution in [2.45, 2.75) is 38.5 Å². The molecule has 0 aromatic heterocycles. The highest BCUT2D eigenvalue weighted by molar-refractivity contribution is 5.32. The lowest BCUT2D eigenvalue weighted by molar-refractivity contribution is 0.152. The second-order valence-corrected chi connectivity index (χ2v) is 5.69. The summed E-state index contributed by atoms with van der Waals surface area (Å²) in [6.45, 7) is 4.17. The second kappa shape index (κ2) is 7.74. The molecule has 0 aliphatic rings. The largest absolute Gasteiger partial charge is 0.388 e. The monoisotopic (exact) mass is 294 g/mol. The summed E-state index contributed by atoms with van der Waals surface area (Å²) >= 11 is 0. The van der Waals surface area contributed by atoms with Gasteiger partial charge in [0.15, 0.2) is 0 Å². The average Bonchev–Trinajstić information content (AvgIpc) is 2.55. The maximum absolute atomic E-state index is 10.3. The number of nitrogens with one attached hydrogen (secondary N) is 1. The summed E-state index contributed by atoms with van der Waals surface area (Å²) < 4.78 is 0. The predicted octanol–water partition coefficient (Wildman–Crippen LogP) is 3.72. The third kappa shape index (κ3) is 4.42. The fraction of sp³-hybridized carbons (Fsp3) is 0.316. The Hall–Kier alpha value is -2.15. The van der Waals surface area contributed by atoms with Gasteiger partial charge in [-0.25, -0.2) is 0 Å². The van der Waals surface area contributed by atoms with Crippen LogP contribution in [0.2, 0.25) is 0 Å². The van der Waals surface area contributed by atoms with Gasteiger partial charge in [0.25, 0.3) is 0 Å². The fourth-order valence-corrected chi connectivity index (χ4v) is 2.58. The lowest BCUT2D eigenvalue weighted by Gasteiger charge is -2.23. The Morgan fingerprint density at radius 3 is 2.23 bits per heavy atom. The van der Waals surface area contributed by atoms with E-state index in [2.05, 4.69) is 25.2 Å². The topological polar surface area (TPSA) is 56.0 Å². The highest BCUT2D eigenvalue weighted by Crippen LogP contribution is 2.20. The molecule has 2 N–H and O–H groups in total. The first-order valence-electron chi connectivity index (χ1n) is 7.59. The van der Waals surface area contributed by atoms with Crippen molar-refractivity contribution >= 4 is 0 Å². The minimum Gasteiger partial charge on any atom is -0.388 e. The maximum atomic E-state index is 10.3. The van der Waals surface area contributed by atoms with Crippen LogP contribution in [0.1, 0.15) is 49.1 Å². The zero-order valence-corrected chi connectivity index (χ0v) is 13.0. The van der Waals surface area contributed by atoms with Gasteiger partial charge < -0.3 is 10.4 Å². The van der Waals surface area contributed by atoms with Crippen LogP contribution >= 0.6 is 0 Å². The summed E-state index contributed by atoms with van der Waals surface area (Å²) in [6, 6.07) is 19.8. The molecule has 0 heterocycles. The van der Waals surface area contributed by atoms with Crippen molar-refractivity contribution in [3.05, 3.63) is 71.3 Å². The number of hydrogen-bond acceptors (Lipinski definition) is 3. The van der Waals surface area contributed by atoms with E-state index in [0.717, 1.165) is 11.1 Å². The highest BCUT2D eigenvalue weighted by Gasteiger charge is 2.14. The Morgan fingerprint density at radius 2 is 1.64 bits per heavy atom. The van der Waals surface area contributed by atoms with Crippen LogP contribution in [0.4, 0.5) is 0 Å². The van der Waals surface area contributed by atoms with Crippen LogP contribution in [0.25, 0.3) is 0 Å². The average molecular weight is 294 g/mol. The Kier molecular flexibility index (Phi) is 5.71. The lowest BCUT2D eigenvalue weighted by Crippen LogP contribution is -2.30. The van der Waals surface area contributed by atoms with Gasteiger partial charge in [-0.2, -0.15) is 5.26 Å². The van der Waals surface area contributed by atoms with E-state index in [0.29, 0.717) is 12.0 Å². The molecule has 0 fully saturated rings. The van der Waals surface area contributed by atoms with Crippen molar-refractivity contribution < 1.29 is 5.11 Å². The molecular weight excluding hydrogens is 272 g/mol. The quantitative estimate of drug-likeness (QED) is 0.853. The van der Waals surface area contributed by atoms with E-state index in [1.807, 2.05) is 54.6 Å². The highest BCUT2D eigenvalue weighted by atomic mass is 16.3. The normalized spacial score (nSPS) is 14.8. The molecule has 0 saturated heterocycles. The molecule has 0 spiro atoms. The Balaban J connectivity index is 1.90. The first-order valence-corrected chi connectivity index (χ1v) is 7.59. The van der Waals surface area contributed by atoms with Crippen molar-refractivity contribution in [3.63, 3.8) is 0 Å². The van der Waals surface area contributed by atoms with Gasteiger partial charge in [-0.05, 0) is 43.5 Å². The number of aliphatic hydroxyl groups is 1. The molecule has 3 atom stereocenters. The molecule has 114 valence electrons. The Morgan fingerprint density at radius 1 is 1.00 bits per heavy atom. The zero-order valence-electron chi connectivity index (χ0n) is 13.0. The first-order chi connectivity index (χ1) is 10.6. The molecular formula is C19H22N2O. The van der Waals surface area contributed by atoms with E-state index in [-0.39, 0.29) is 12.1 Å².